The van der Waals surface area contributed by atoms with Crippen molar-refractivity contribution in [2.45, 2.75) is 26.6 Å². The molecule has 1 N–H and O–H groups in total. The highest BCUT2D eigenvalue weighted by Crippen LogP contribution is 2.31. The van der Waals surface area contributed by atoms with E-state index in [4.69, 9.17) is 26.8 Å². The van der Waals surface area contributed by atoms with Crippen LogP contribution in [-0.2, 0) is 26.7 Å². The zero-order valence-corrected chi connectivity index (χ0v) is 18.2. The van der Waals surface area contributed by atoms with Crippen molar-refractivity contribution in [3.05, 3.63) is 57.9 Å². The number of quaternary nitrogens is 1. The molecule has 1 aromatic heterocycles. The van der Waals surface area contributed by atoms with Gasteiger partial charge in [-0.05, 0) is 42.4 Å². The summed E-state index contributed by atoms with van der Waals surface area (Å²) in [5, 5.41) is 4.86. The highest BCUT2D eigenvalue weighted by atomic mass is 32.1. The summed E-state index contributed by atoms with van der Waals surface area (Å²) in [6.45, 7) is 4.78. The normalized spacial score (nSPS) is 15.8. The molecule has 1 atom stereocenters. The molecule has 0 bridgehead atoms. The molecule has 4 rings (SSSR count). The Bertz CT molecular complexity index is 1100. The minimum absolute atomic E-state index is 0.742. The first-order valence-electron chi connectivity index (χ1n) is 9.79. The van der Waals surface area contributed by atoms with Gasteiger partial charge in [0.25, 0.3) is 0 Å². The predicted octanol–water partition coefficient (Wildman–Crippen LogP) is 2.54. The molecule has 152 valence electrons. The Morgan fingerprint density at radius 3 is 2.48 bits per heavy atom. The van der Waals surface area contributed by atoms with Crippen LogP contribution < -0.4 is 14.4 Å². The van der Waals surface area contributed by atoms with E-state index in [-0.39, 0.29) is 0 Å². The first kappa shape index (κ1) is 19.7. The van der Waals surface area contributed by atoms with Gasteiger partial charge in [0.2, 0.25) is 4.77 Å². The molecule has 2 aromatic carbocycles. The Morgan fingerprint density at radius 2 is 1.79 bits per heavy atom. The number of aromatic nitrogens is 3. The third-order valence-corrected chi connectivity index (χ3v) is 6.18. The third-order valence-electron chi connectivity index (χ3n) is 5.69. The molecule has 0 saturated heterocycles. The van der Waals surface area contributed by atoms with E-state index in [1.165, 1.54) is 21.6 Å². The molecule has 0 amide bonds. The van der Waals surface area contributed by atoms with E-state index in [0.29, 0.717) is 0 Å². The Morgan fingerprint density at radius 1 is 1.10 bits per heavy atom. The van der Waals surface area contributed by atoms with Crippen LogP contribution in [0, 0.1) is 11.7 Å². The molecule has 3 aromatic rings. The molecule has 0 aliphatic carbocycles. The highest BCUT2D eigenvalue weighted by Gasteiger charge is 2.23. The van der Waals surface area contributed by atoms with Crippen molar-refractivity contribution in [1.82, 2.24) is 14.3 Å². The monoisotopic (exact) mass is 411 g/mol. The second-order valence-electron chi connectivity index (χ2n) is 7.54. The number of rotatable bonds is 5. The standard InChI is InChI=1S/C22H26N4O2S/c1-15-7-5-6-8-18(15)21-23-26(22(29)24(21)2)14-25-10-9-16-11-19(27-3)20(28-4)12-17(16)13-25/h5-8,11-12H,9-10,13-14H2,1-4H3/p+1. The number of ether oxygens (including phenoxy) is 2. The number of nitrogens with zero attached hydrogens (tertiary/aromatic N) is 3. The molecule has 29 heavy (non-hydrogen) atoms. The summed E-state index contributed by atoms with van der Waals surface area (Å²) in [6, 6.07) is 12.5. The molecule has 1 aliphatic rings. The zero-order chi connectivity index (χ0) is 20.5. The second kappa shape index (κ2) is 8.00. The van der Waals surface area contributed by atoms with E-state index in [9.17, 15) is 0 Å². The number of hydrogen-bond acceptors (Lipinski definition) is 4. The molecule has 0 radical (unpaired) electrons. The summed E-state index contributed by atoms with van der Waals surface area (Å²) < 4.78 is 15.6. The van der Waals surface area contributed by atoms with Crippen molar-refractivity contribution in [2.24, 2.45) is 7.05 Å². The topological polar surface area (TPSA) is 45.6 Å². The first-order chi connectivity index (χ1) is 14.0. The Kier molecular flexibility index (Phi) is 5.43. The van der Waals surface area contributed by atoms with Crippen LogP contribution in [0.5, 0.6) is 11.5 Å². The Labute approximate surface area is 176 Å². The van der Waals surface area contributed by atoms with Crippen LogP contribution >= 0.6 is 12.2 Å². The lowest BCUT2D eigenvalue weighted by Gasteiger charge is -2.26. The zero-order valence-electron chi connectivity index (χ0n) is 17.4. The number of benzene rings is 2. The molecule has 0 spiro atoms. The van der Waals surface area contributed by atoms with Crippen LogP contribution in [0.4, 0.5) is 0 Å². The number of aryl methyl sites for hydroxylation is 1. The average molecular weight is 412 g/mol. The Hall–Kier alpha value is -2.64. The minimum Gasteiger partial charge on any atom is -0.493 e. The van der Waals surface area contributed by atoms with Crippen molar-refractivity contribution < 1.29 is 14.4 Å². The number of hydrogen-bond donors (Lipinski definition) is 1. The minimum atomic E-state index is 0.742. The SMILES string of the molecule is COc1cc2c(cc1OC)C[NH+](Cn1nc(-c3ccccc3C)n(C)c1=S)CC2. The van der Waals surface area contributed by atoms with Crippen LogP contribution in [0.1, 0.15) is 16.7 Å². The van der Waals surface area contributed by atoms with Crippen molar-refractivity contribution in [2.75, 3.05) is 20.8 Å². The van der Waals surface area contributed by atoms with Crippen molar-refractivity contribution in [1.29, 1.82) is 0 Å². The summed E-state index contributed by atoms with van der Waals surface area (Å²) in [5.41, 5.74) is 4.95. The number of methoxy groups -OCH3 is 2. The van der Waals surface area contributed by atoms with Gasteiger partial charge in [-0.15, -0.1) is 5.10 Å². The summed E-state index contributed by atoms with van der Waals surface area (Å²) in [6.07, 6.45) is 0.996. The van der Waals surface area contributed by atoms with E-state index < -0.39 is 0 Å². The van der Waals surface area contributed by atoms with E-state index in [2.05, 4.69) is 31.2 Å². The van der Waals surface area contributed by atoms with Gasteiger partial charge in [-0.25, -0.2) is 0 Å². The molecular weight excluding hydrogens is 384 g/mol. The quantitative estimate of drug-likeness (QED) is 0.656. The molecule has 2 heterocycles. The molecule has 0 fully saturated rings. The second-order valence-corrected chi connectivity index (χ2v) is 7.91. The summed E-state index contributed by atoms with van der Waals surface area (Å²) in [4.78, 5) is 1.43. The lowest BCUT2D eigenvalue weighted by molar-refractivity contribution is -0.939. The van der Waals surface area contributed by atoms with Gasteiger partial charge in [0.15, 0.2) is 24.0 Å². The molecule has 1 unspecified atom stereocenters. The largest absolute Gasteiger partial charge is 0.493 e. The average Bonchev–Trinajstić information content (AvgIpc) is 3.01. The maximum absolute atomic E-state index is 5.69. The van der Waals surface area contributed by atoms with Gasteiger partial charge in [0.05, 0.1) is 20.8 Å². The van der Waals surface area contributed by atoms with Gasteiger partial charge in [0, 0.05) is 24.6 Å². The fourth-order valence-corrected chi connectivity index (χ4v) is 4.22. The van der Waals surface area contributed by atoms with Crippen LogP contribution in [0.15, 0.2) is 36.4 Å². The van der Waals surface area contributed by atoms with Gasteiger partial charge in [0.1, 0.15) is 6.54 Å². The summed E-state index contributed by atoms with van der Waals surface area (Å²) >= 11 is 5.69. The van der Waals surface area contributed by atoms with Crippen LogP contribution in [0.3, 0.4) is 0 Å². The smallest absolute Gasteiger partial charge is 0.202 e. The lowest BCUT2D eigenvalue weighted by Crippen LogP contribution is -3.11. The molecule has 6 nitrogen and oxygen atoms in total. The maximum Gasteiger partial charge on any atom is 0.202 e. The Balaban J connectivity index is 1.59. The van der Waals surface area contributed by atoms with Gasteiger partial charge in [-0.3, -0.25) is 0 Å². The van der Waals surface area contributed by atoms with Crippen LogP contribution in [0.2, 0.25) is 0 Å². The first-order valence-corrected chi connectivity index (χ1v) is 10.2. The van der Waals surface area contributed by atoms with E-state index in [1.807, 2.05) is 28.4 Å². The van der Waals surface area contributed by atoms with Gasteiger partial charge in [-0.1, -0.05) is 24.3 Å². The fraction of sp³-hybridized carbons (Fsp3) is 0.364. The molecule has 7 heteroatoms. The summed E-state index contributed by atoms with van der Waals surface area (Å²) in [5.74, 6) is 2.49. The van der Waals surface area contributed by atoms with Crippen molar-refractivity contribution >= 4 is 12.2 Å². The van der Waals surface area contributed by atoms with Gasteiger partial charge in [-0.2, -0.15) is 4.68 Å². The van der Waals surface area contributed by atoms with E-state index in [0.717, 1.165) is 53.8 Å². The van der Waals surface area contributed by atoms with Gasteiger partial charge < -0.3 is 18.9 Å². The predicted molar refractivity (Wildman–Crippen MR) is 115 cm³/mol. The van der Waals surface area contributed by atoms with Gasteiger partial charge >= 0.3 is 0 Å². The number of nitrogens with one attached hydrogen (secondary N) is 1. The van der Waals surface area contributed by atoms with Crippen molar-refractivity contribution in [3.63, 3.8) is 0 Å². The van der Waals surface area contributed by atoms with Crippen LogP contribution in [0.25, 0.3) is 11.4 Å². The third kappa shape index (κ3) is 3.68. The maximum atomic E-state index is 5.69. The van der Waals surface area contributed by atoms with Crippen LogP contribution in [-0.4, -0.2) is 35.1 Å². The molecular formula is C22H27N4O2S+. The molecule has 1 aliphatic heterocycles. The molecule has 0 saturated carbocycles. The van der Waals surface area contributed by atoms with E-state index in [1.54, 1.807) is 14.2 Å². The fourth-order valence-electron chi connectivity index (χ4n) is 4.03. The number of fused-ring (bicyclic) bond motifs is 1. The highest BCUT2D eigenvalue weighted by molar-refractivity contribution is 7.71. The van der Waals surface area contributed by atoms with E-state index >= 15 is 0 Å². The lowest BCUT2D eigenvalue weighted by atomic mass is 9.99. The van der Waals surface area contributed by atoms with Crippen molar-refractivity contribution in [3.8, 4) is 22.9 Å². The summed E-state index contributed by atoms with van der Waals surface area (Å²) in [7, 11) is 5.35.